The Morgan fingerprint density at radius 1 is 0.500 bits per heavy atom. The van der Waals surface area contributed by atoms with E-state index in [-0.39, 0.29) is 19.4 Å². The summed E-state index contributed by atoms with van der Waals surface area (Å²) in [6.45, 7) is 3.79. The van der Waals surface area contributed by atoms with E-state index in [1.807, 2.05) is 0 Å². The molecule has 1 fully saturated rings. The lowest BCUT2D eigenvalue weighted by Gasteiger charge is -2.40. The van der Waals surface area contributed by atoms with Crippen molar-refractivity contribution in [1.82, 2.24) is 0 Å². The van der Waals surface area contributed by atoms with Crippen LogP contribution in [0.4, 0.5) is 0 Å². The van der Waals surface area contributed by atoms with Crippen LogP contribution in [0.25, 0.3) is 0 Å². The number of allylic oxidation sites excluding steroid dienone is 4. The Morgan fingerprint density at radius 2 is 0.864 bits per heavy atom. The van der Waals surface area contributed by atoms with Gasteiger partial charge in [-0.2, -0.15) is 8.42 Å². The molecule has 1 rings (SSSR count). The first kappa shape index (κ1) is 62.1. The number of aliphatic hydroxyl groups excluding tert-OH is 3. The highest BCUT2D eigenvalue weighted by Gasteiger charge is 2.46. The second-order valence-electron chi connectivity index (χ2n) is 18.9. The third kappa shape index (κ3) is 37.1. The lowest BCUT2D eigenvalue weighted by atomic mass is 10.00. The van der Waals surface area contributed by atoms with E-state index in [0.29, 0.717) is 12.8 Å². The van der Waals surface area contributed by atoms with Crippen molar-refractivity contribution >= 4 is 22.1 Å². The Labute approximate surface area is 402 Å². The minimum absolute atomic E-state index is 0.164. The van der Waals surface area contributed by atoms with Crippen LogP contribution in [-0.2, 0) is 38.7 Å². The maximum Gasteiger partial charge on any atom is 0.306 e. The number of carbonyl (C=O) groups excluding carboxylic acids is 2. The lowest BCUT2D eigenvalue weighted by Crippen LogP contribution is -2.60. The first-order valence-corrected chi connectivity index (χ1v) is 28.5. The second-order valence-corrected chi connectivity index (χ2v) is 20.4. The summed E-state index contributed by atoms with van der Waals surface area (Å²) in [6, 6.07) is 0. The largest absolute Gasteiger partial charge is 0.462 e. The van der Waals surface area contributed by atoms with Gasteiger partial charge in [-0.1, -0.05) is 192 Å². The molecule has 1 saturated heterocycles. The summed E-state index contributed by atoms with van der Waals surface area (Å²) in [5.74, 6) is -1.97. The molecule has 0 spiro atoms. The number of carbonyl (C=O) groups is 2. The minimum atomic E-state index is -4.60. The molecule has 6 atom stereocenters. The van der Waals surface area contributed by atoms with Gasteiger partial charge >= 0.3 is 11.9 Å². The van der Waals surface area contributed by atoms with E-state index >= 15 is 0 Å². The Morgan fingerprint density at radius 3 is 1.26 bits per heavy atom. The van der Waals surface area contributed by atoms with Gasteiger partial charge in [-0.25, -0.2) is 0 Å². The summed E-state index contributed by atoms with van der Waals surface area (Å²) in [6.07, 6.45) is 40.7. The van der Waals surface area contributed by atoms with Gasteiger partial charge in [-0.15, -0.1) is 0 Å². The van der Waals surface area contributed by atoms with Gasteiger partial charge in [-0.3, -0.25) is 14.1 Å². The molecule has 0 saturated carbocycles. The van der Waals surface area contributed by atoms with Crippen LogP contribution in [0, 0.1) is 0 Å². The van der Waals surface area contributed by atoms with Crippen molar-refractivity contribution in [2.75, 3.05) is 19.0 Å². The Hall–Kier alpha value is -1.87. The van der Waals surface area contributed by atoms with Crippen LogP contribution in [-0.4, -0.2) is 96.0 Å². The number of unbranched alkanes of at least 4 members (excludes halogenated alkanes) is 30. The van der Waals surface area contributed by atoms with Gasteiger partial charge in [0, 0.05) is 12.8 Å². The summed E-state index contributed by atoms with van der Waals surface area (Å²) in [5, 5.41) is 31.0. The zero-order valence-corrected chi connectivity index (χ0v) is 42.6. The molecule has 0 aromatic heterocycles. The number of rotatable bonds is 46. The molecule has 1 heterocycles. The highest BCUT2D eigenvalue weighted by molar-refractivity contribution is 7.85. The molecule has 0 bridgehead atoms. The standard InChI is InChI=1S/C53H98O12S/c1-3-5-7-9-11-13-15-17-19-21-23-25-27-29-31-33-35-37-39-41-48(54)62-43-46(44-63-53-52(58)51(57)50(56)47(65-53)45-66(59,60)61)64-49(55)42-40-38-36-34-32-30-28-26-24-22-20-18-16-14-12-10-8-6-4-2/h17-20,46-47,50-53,56-58H,3-16,21-45H2,1-2H3,(H,59,60,61)/b19-17-,20-18-. The van der Waals surface area contributed by atoms with Crippen molar-refractivity contribution in [3.05, 3.63) is 24.3 Å². The van der Waals surface area contributed by atoms with Crippen molar-refractivity contribution < 1.29 is 56.8 Å². The van der Waals surface area contributed by atoms with Crippen LogP contribution >= 0.6 is 0 Å². The zero-order chi connectivity index (χ0) is 48.4. The number of aliphatic hydroxyl groups is 3. The molecule has 13 heteroatoms. The van der Waals surface area contributed by atoms with E-state index in [0.717, 1.165) is 38.5 Å². The molecule has 12 nitrogen and oxygen atoms in total. The zero-order valence-electron chi connectivity index (χ0n) is 41.8. The molecule has 6 unspecified atom stereocenters. The summed E-state index contributed by atoms with van der Waals surface area (Å²) >= 11 is 0. The van der Waals surface area contributed by atoms with Crippen LogP contribution in [0.1, 0.15) is 245 Å². The predicted octanol–water partition coefficient (Wildman–Crippen LogP) is 12.3. The molecule has 1 aliphatic rings. The monoisotopic (exact) mass is 959 g/mol. The van der Waals surface area contributed by atoms with Gasteiger partial charge in [-0.05, 0) is 64.2 Å². The van der Waals surface area contributed by atoms with Gasteiger partial charge < -0.3 is 34.3 Å². The minimum Gasteiger partial charge on any atom is -0.462 e. The molecule has 0 aromatic rings. The molecule has 388 valence electrons. The van der Waals surface area contributed by atoms with Crippen LogP contribution in [0.3, 0.4) is 0 Å². The van der Waals surface area contributed by atoms with E-state index in [1.165, 1.54) is 167 Å². The molecule has 0 amide bonds. The van der Waals surface area contributed by atoms with Crippen molar-refractivity contribution in [3.63, 3.8) is 0 Å². The Kier molecular flexibility index (Phi) is 40.7. The van der Waals surface area contributed by atoms with E-state index in [2.05, 4.69) is 38.2 Å². The summed E-state index contributed by atoms with van der Waals surface area (Å²) in [4.78, 5) is 25.6. The Bertz CT molecular complexity index is 1310. The smallest absolute Gasteiger partial charge is 0.306 e. The fourth-order valence-corrected chi connectivity index (χ4v) is 9.01. The van der Waals surface area contributed by atoms with Gasteiger partial charge in [0.15, 0.2) is 12.4 Å². The molecule has 4 N–H and O–H groups in total. The van der Waals surface area contributed by atoms with E-state index in [1.54, 1.807) is 0 Å². The van der Waals surface area contributed by atoms with Crippen molar-refractivity contribution in [1.29, 1.82) is 0 Å². The normalized spacial score (nSPS) is 19.5. The van der Waals surface area contributed by atoms with Gasteiger partial charge in [0.1, 0.15) is 36.8 Å². The van der Waals surface area contributed by atoms with Gasteiger partial charge in [0.2, 0.25) is 0 Å². The third-order valence-electron chi connectivity index (χ3n) is 12.5. The van der Waals surface area contributed by atoms with Crippen LogP contribution in [0.5, 0.6) is 0 Å². The maximum atomic E-state index is 12.9. The fourth-order valence-electron chi connectivity index (χ4n) is 8.32. The van der Waals surface area contributed by atoms with Crippen LogP contribution < -0.4 is 0 Å². The van der Waals surface area contributed by atoms with E-state index in [9.17, 15) is 37.9 Å². The summed E-state index contributed by atoms with van der Waals surface area (Å²) in [7, 11) is -4.60. The SMILES string of the molecule is CCCCCCCC/C=C\CCCCCCCCCCCC(=O)OCC(COC1OC(CS(=O)(=O)O)C(O)C(O)C1O)OC(=O)CCCCCCCCCCC/C=C\CCCCCCCC. The highest BCUT2D eigenvalue weighted by atomic mass is 32.2. The second kappa shape index (κ2) is 43.2. The lowest BCUT2D eigenvalue weighted by molar-refractivity contribution is -0.297. The first-order valence-electron chi connectivity index (χ1n) is 26.9. The van der Waals surface area contributed by atoms with Crippen molar-refractivity contribution in [2.24, 2.45) is 0 Å². The molecule has 0 aliphatic carbocycles. The van der Waals surface area contributed by atoms with Gasteiger partial charge in [0.05, 0.1) is 6.61 Å². The maximum absolute atomic E-state index is 12.9. The van der Waals surface area contributed by atoms with E-state index < -0.39 is 71.2 Å². The van der Waals surface area contributed by atoms with Crippen molar-refractivity contribution in [2.45, 2.75) is 282 Å². The molecule has 0 radical (unpaired) electrons. The molecular formula is C53H98O12S. The fraction of sp³-hybridized carbons (Fsp3) is 0.887. The average Bonchev–Trinajstić information content (AvgIpc) is 3.28. The predicted molar refractivity (Wildman–Crippen MR) is 266 cm³/mol. The van der Waals surface area contributed by atoms with Gasteiger partial charge in [0.25, 0.3) is 10.1 Å². The third-order valence-corrected chi connectivity index (χ3v) is 13.3. The van der Waals surface area contributed by atoms with Crippen LogP contribution in [0.2, 0.25) is 0 Å². The van der Waals surface area contributed by atoms with E-state index in [4.69, 9.17) is 18.9 Å². The molecule has 66 heavy (non-hydrogen) atoms. The molecular weight excluding hydrogens is 861 g/mol. The summed E-state index contributed by atoms with van der Waals surface area (Å²) < 4.78 is 54.3. The van der Waals surface area contributed by atoms with Crippen LogP contribution in [0.15, 0.2) is 24.3 Å². The number of ether oxygens (including phenoxy) is 4. The number of esters is 2. The quantitative estimate of drug-likeness (QED) is 0.0196. The molecule has 1 aliphatic heterocycles. The molecule has 0 aromatic carbocycles. The number of hydrogen-bond acceptors (Lipinski definition) is 11. The average molecular weight is 959 g/mol. The summed E-state index contributed by atoms with van der Waals surface area (Å²) in [5.41, 5.74) is 0. The topological polar surface area (TPSA) is 186 Å². The number of hydrogen-bond donors (Lipinski definition) is 4. The van der Waals surface area contributed by atoms with Crippen molar-refractivity contribution in [3.8, 4) is 0 Å². The highest BCUT2D eigenvalue weighted by Crippen LogP contribution is 2.24. The Balaban J connectivity index is 2.35. The first-order chi connectivity index (χ1) is 32.0.